The number of carbonyl (C=O) groups excluding carboxylic acids is 1. The average molecular weight is 494 g/mol. The zero-order chi connectivity index (χ0) is 25.2. The van der Waals surface area contributed by atoms with E-state index in [0.29, 0.717) is 13.0 Å². The van der Waals surface area contributed by atoms with E-state index in [9.17, 15) is 14.7 Å². The first-order valence-corrected chi connectivity index (χ1v) is 13.5. The lowest BCUT2D eigenvalue weighted by Gasteiger charge is -2.25. The normalized spacial score (nSPS) is 18.3. The predicted molar refractivity (Wildman–Crippen MR) is 140 cm³/mol. The van der Waals surface area contributed by atoms with Crippen molar-refractivity contribution in [3.8, 4) is 0 Å². The molecule has 2 aromatic rings. The van der Waals surface area contributed by atoms with E-state index < -0.39 is 12.0 Å². The molecule has 2 aliphatic rings. The van der Waals surface area contributed by atoms with Gasteiger partial charge >= 0.3 is 5.97 Å². The first kappa shape index (κ1) is 26.1. The van der Waals surface area contributed by atoms with Crippen molar-refractivity contribution in [2.45, 2.75) is 89.3 Å². The number of likely N-dealkylation sites (tertiary alicyclic amines) is 1. The van der Waals surface area contributed by atoms with Gasteiger partial charge in [0, 0.05) is 31.2 Å². The van der Waals surface area contributed by atoms with Crippen molar-refractivity contribution in [3.05, 3.63) is 53.5 Å². The van der Waals surface area contributed by atoms with Crippen LogP contribution in [0.2, 0.25) is 0 Å². The van der Waals surface area contributed by atoms with Gasteiger partial charge in [0.1, 0.15) is 11.9 Å². The molecule has 0 aliphatic carbocycles. The quantitative estimate of drug-likeness (QED) is 0.363. The molecule has 36 heavy (non-hydrogen) atoms. The zero-order valence-electron chi connectivity index (χ0n) is 21.1. The highest BCUT2D eigenvalue weighted by Crippen LogP contribution is 2.22. The fraction of sp³-hybridized carbons (Fsp3) is 0.571. The molecule has 0 unspecified atom stereocenters. The van der Waals surface area contributed by atoms with Crippen LogP contribution >= 0.6 is 0 Å². The summed E-state index contributed by atoms with van der Waals surface area (Å²) in [5.74, 6) is -0.0614. The number of nitrogens with zero attached hydrogens (tertiary/aromatic N) is 3. The molecular weight excluding hydrogens is 454 g/mol. The maximum absolute atomic E-state index is 12.9. The van der Waals surface area contributed by atoms with Crippen LogP contribution in [0.15, 0.2) is 36.7 Å². The molecule has 1 saturated heterocycles. The third-order valence-electron chi connectivity index (χ3n) is 7.29. The number of hydrogen-bond acceptors (Lipinski definition) is 6. The van der Waals surface area contributed by atoms with E-state index in [1.165, 1.54) is 12.0 Å². The van der Waals surface area contributed by atoms with Crippen molar-refractivity contribution in [3.63, 3.8) is 0 Å². The summed E-state index contributed by atoms with van der Waals surface area (Å²) < 4.78 is 0. The van der Waals surface area contributed by atoms with E-state index in [4.69, 9.17) is 4.98 Å². The van der Waals surface area contributed by atoms with Gasteiger partial charge in [-0.25, -0.2) is 9.78 Å². The maximum atomic E-state index is 12.9. The van der Waals surface area contributed by atoms with E-state index in [1.807, 2.05) is 12.1 Å². The van der Waals surface area contributed by atoms with Gasteiger partial charge in [-0.05, 0) is 80.8 Å². The summed E-state index contributed by atoms with van der Waals surface area (Å²) in [6, 6.07) is 7.16. The summed E-state index contributed by atoms with van der Waals surface area (Å²) in [4.78, 5) is 35.7. The molecule has 0 saturated carbocycles. The van der Waals surface area contributed by atoms with Gasteiger partial charge in [0.15, 0.2) is 0 Å². The Bertz CT molecular complexity index is 1000. The number of pyridine rings is 2. The monoisotopic (exact) mass is 493 g/mol. The minimum Gasteiger partial charge on any atom is -0.480 e. The second kappa shape index (κ2) is 13.3. The minimum atomic E-state index is -0.950. The molecule has 3 N–H and O–H groups in total. The number of rotatable bonds is 13. The number of hydrogen-bond donors (Lipinski definition) is 3. The molecule has 194 valence electrons. The van der Waals surface area contributed by atoms with Crippen LogP contribution in [0.5, 0.6) is 0 Å². The van der Waals surface area contributed by atoms with Gasteiger partial charge in [-0.1, -0.05) is 31.7 Å². The minimum absolute atomic E-state index is 0.166. The van der Waals surface area contributed by atoms with Crippen LogP contribution in [0.3, 0.4) is 0 Å². The molecule has 8 nitrogen and oxygen atoms in total. The topological polar surface area (TPSA) is 107 Å². The summed E-state index contributed by atoms with van der Waals surface area (Å²) in [6.45, 7) is 2.53. The van der Waals surface area contributed by atoms with E-state index >= 15 is 0 Å². The van der Waals surface area contributed by atoms with E-state index in [1.54, 1.807) is 12.4 Å². The Hall–Kier alpha value is -3.00. The van der Waals surface area contributed by atoms with Crippen LogP contribution in [0.25, 0.3) is 0 Å². The molecule has 4 heterocycles. The first-order chi connectivity index (χ1) is 17.6. The highest BCUT2D eigenvalue weighted by molar-refractivity contribution is 5.87. The van der Waals surface area contributed by atoms with Crippen molar-refractivity contribution in [1.29, 1.82) is 0 Å². The van der Waals surface area contributed by atoms with Gasteiger partial charge in [-0.3, -0.25) is 14.7 Å². The molecule has 4 rings (SSSR count). The lowest BCUT2D eigenvalue weighted by Crippen LogP contribution is -2.49. The summed E-state index contributed by atoms with van der Waals surface area (Å²) in [6.07, 6.45) is 13.9. The smallest absolute Gasteiger partial charge is 0.326 e. The molecule has 0 spiro atoms. The molecule has 1 amide bonds. The predicted octanol–water partition coefficient (Wildman–Crippen LogP) is 3.95. The van der Waals surface area contributed by atoms with Crippen molar-refractivity contribution >= 4 is 17.7 Å². The van der Waals surface area contributed by atoms with Crippen LogP contribution < -0.4 is 10.6 Å². The number of fused-ring (bicyclic) bond motifs is 1. The lowest BCUT2D eigenvalue weighted by molar-refractivity contribution is -0.142. The van der Waals surface area contributed by atoms with E-state index in [-0.39, 0.29) is 11.9 Å². The highest BCUT2D eigenvalue weighted by Gasteiger charge is 2.32. The maximum Gasteiger partial charge on any atom is 0.326 e. The van der Waals surface area contributed by atoms with Crippen LogP contribution in [0, 0.1) is 0 Å². The number of aryl methyl sites for hydroxylation is 2. The number of carbonyl (C=O) groups is 2. The molecule has 0 radical (unpaired) electrons. The van der Waals surface area contributed by atoms with Crippen molar-refractivity contribution < 1.29 is 14.7 Å². The van der Waals surface area contributed by atoms with Crippen LogP contribution in [-0.2, 0) is 29.0 Å². The molecular formula is C28H39N5O3. The second-order valence-electron chi connectivity index (χ2n) is 10.0. The molecule has 8 heteroatoms. The van der Waals surface area contributed by atoms with Crippen molar-refractivity contribution in [2.24, 2.45) is 0 Å². The first-order valence-electron chi connectivity index (χ1n) is 13.5. The van der Waals surface area contributed by atoms with Gasteiger partial charge in [0.2, 0.25) is 5.91 Å². The molecule has 2 aliphatic heterocycles. The third kappa shape index (κ3) is 7.50. The lowest BCUT2D eigenvalue weighted by atomic mass is 10.0. The number of aromatic nitrogens is 2. The standard InChI is InChI=1S/C28H39N5O3/c34-27(25-11-7-19-33(25)20-21-14-17-29-18-15-21)32-24(28(35)36)10-5-3-1-2-4-9-23-13-12-22-8-6-16-30-26(22)31-23/h12-15,17-18,24-25H,1-11,16,19-20H2,(H,30,31)(H,32,34)(H,35,36)/t24-,25-/m0/s1. The molecule has 0 bridgehead atoms. The van der Waals surface area contributed by atoms with Gasteiger partial charge in [-0.15, -0.1) is 0 Å². The largest absolute Gasteiger partial charge is 0.480 e. The zero-order valence-corrected chi connectivity index (χ0v) is 21.1. The fourth-order valence-corrected chi connectivity index (χ4v) is 5.25. The Labute approximate surface area is 213 Å². The van der Waals surface area contributed by atoms with Crippen molar-refractivity contribution in [2.75, 3.05) is 18.4 Å². The van der Waals surface area contributed by atoms with Gasteiger partial charge in [-0.2, -0.15) is 0 Å². The van der Waals surface area contributed by atoms with E-state index in [2.05, 4.69) is 32.7 Å². The number of anilines is 1. The van der Waals surface area contributed by atoms with Gasteiger partial charge in [0.05, 0.1) is 6.04 Å². The van der Waals surface area contributed by atoms with Crippen LogP contribution in [0.1, 0.15) is 74.6 Å². The summed E-state index contributed by atoms with van der Waals surface area (Å²) in [5.41, 5.74) is 3.57. The number of unbranched alkanes of at least 4 members (excludes halogenated alkanes) is 4. The van der Waals surface area contributed by atoms with Crippen molar-refractivity contribution in [1.82, 2.24) is 20.2 Å². The Morgan fingerprint density at radius 3 is 2.72 bits per heavy atom. The van der Waals surface area contributed by atoms with Crippen LogP contribution in [0.4, 0.5) is 5.82 Å². The molecule has 1 fully saturated rings. The Morgan fingerprint density at radius 2 is 1.89 bits per heavy atom. The Morgan fingerprint density at radius 1 is 1.08 bits per heavy atom. The Kier molecular flexibility index (Phi) is 9.67. The number of amides is 1. The number of carboxylic acids is 1. The SMILES string of the molecule is O=C(O)[C@H](CCCCCCCc1ccc2c(n1)NCCC2)NC(=O)[C@@H]1CCCN1Cc1ccncc1. The third-order valence-corrected chi connectivity index (χ3v) is 7.29. The second-order valence-corrected chi connectivity index (χ2v) is 10.0. The number of nitrogens with one attached hydrogen (secondary N) is 2. The molecule has 0 aromatic carbocycles. The number of carboxylic acid groups (broad SMARTS) is 1. The average Bonchev–Trinajstić information content (AvgIpc) is 3.36. The number of aliphatic carboxylic acids is 1. The van der Waals surface area contributed by atoms with E-state index in [0.717, 1.165) is 88.0 Å². The van der Waals surface area contributed by atoms with Crippen LogP contribution in [-0.4, -0.2) is 57.0 Å². The molecule has 2 aromatic heterocycles. The van der Waals surface area contributed by atoms with Gasteiger partial charge in [0.25, 0.3) is 0 Å². The molecule has 2 atom stereocenters. The fourth-order valence-electron chi connectivity index (χ4n) is 5.25. The van der Waals surface area contributed by atoms with Gasteiger partial charge < -0.3 is 15.7 Å². The summed E-state index contributed by atoms with van der Waals surface area (Å²) in [7, 11) is 0. The Balaban J connectivity index is 1.14. The summed E-state index contributed by atoms with van der Waals surface area (Å²) >= 11 is 0. The summed E-state index contributed by atoms with van der Waals surface area (Å²) in [5, 5.41) is 15.9. The highest BCUT2D eigenvalue weighted by atomic mass is 16.4.